The summed E-state index contributed by atoms with van der Waals surface area (Å²) < 4.78 is 5.42. The highest BCUT2D eigenvalue weighted by Crippen LogP contribution is 2.33. The third-order valence-corrected chi connectivity index (χ3v) is 6.34. The van der Waals surface area contributed by atoms with Gasteiger partial charge in [-0.3, -0.25) is 9.80 Å². The van der Waals surface area contributed by atoms with Gasteiger partial charge in [-0.25, -0.2) is 14.4 Å². The van der Waals surface area contributed by atoms with Crippen LogP contribution in [0.15, 0.2) is 35.5 Å². The molecule has 0 radical (unpaired) electrons. The average molecular weight is 492 g/mol. The predicted molar refractivity (Wildman–Crippen MR) is 130 cm³/mol. The zero-order valence-corrected chi connectivity index (χ0v) is 21.0. The Balaban J connectivity index is 1.96. The number of carbonyl (C=O) groups is 3. The second-order valence-corrected chi connectivity index (χ2v) is 8.81. The number of nitrogens with one attached hydrogen (secondary N) is 2. The summed E-state index contributed by atoms with van der Waals surface area (Å²) >= 11 is 6.21. The number of rotatable bonds is 7. The molecule has 0 spiro atoms. The number of hydrogen-bond acceptors (Lipinski definition) is 5. The van der Waals surface area contributed by atoms with Crippen LogP contribution < -0.4 is 10.6 Å². The first-order chi connectivity index (χ1) is 16.3. The Morgan fingerprint density at radius 3 is 2.62 bits per heavy atom. The number of hydrogen-bond donors (Lipinski definition) is 2. The normalized spacial score (nSPS) is 21.4. The molecule has 0 aromatic heterocycles. The lowest BCUT2D eigenvalue weighted by Crippen LogP contribution is -2.58. The fourth-order valence-electron chi connectivity index (χ4n) is 4.54. The van der Waals surface area contributed by atoms with Crippen molar-refractivity contribution in [3.05, 3.63) is 46.1 Å². The lowest BCUT2D eigenvalue weighted by atomic mass is 9.94. The van der Waals surface area contributed by atoms with Crippen molar-refractivity contribution in [1.82, 2.24) is 25.3 Å². The minimum absolute atomic E-state index is 0.0110. The third-order valence-electron chi connectivity index (χ3n) is 6.11. The SMILES string of the molecule is CCNC(=O)N1CCN(CC2=C(C(=O)OCC)[C@@H](c3cccc(Cl)c3)NC(=O)N2CC)C[C@H]1C. The highest BCUT2D eigenvalue weighted by atomic mass is 35.5. The number of esters is 1. The summed E-state index contributed by atoms with van der Waals surface area (Å²) in [5, 5.41) is 6.32. The van der Waals surface area contributed by atoms with E-state index in [1.165, 1.54) is 0 Å². The van der Waals surface area contributed by atoms with Crippen LogP contribution in [0.25, 0.3) is 0 Å². The van der Waals surface area contributed by atoms with Crippen molar-refractivity contribution >= 4 is 29.6 Å². The molecule has 0 aliphatic carbocycles. The lowest BCUT2D eigenvalue weighted by molar-refractivity contribution is -0.139. The van der Waals surface area contributed by atoms with Gasteiger partial charge in [0.1, 0.15) is 0 Å². The molecule has 2 aliphatic heterocycles. The topological polar surface area (TPSA) is 94.2 Å². The first kappa shape index (κ1) is 25.8. The fourth-order valence-corrected chi connectivity index (χ4v) is 4.74. The molecule has 1 fully saturated rings. The molecule has 186 valence electrons. The first-order valence-electron chi connectivity index (χ1n) is 11.8. The number of halogens is 1. The molecule has 2 atom stereocenters. The van der Waals surface area contributed by atoms with Crippen molar-refractivity contribution in [2.45, 2.75) is 39.8 Å². The molecule has 2 heterocycles. The number of piperazine rings is 1. The molecule has 2 aliphatic rings. The number of likely N-dealkylation sites (N-methyl/N-ethyl adjacent to an activating group) is 1. The van der Waals surface area contributed by atoms with E-state index in [2.05, 4.69) is 15.5 Å². The monoisotopic (exact) mass is 491 g/mol. The van der Waals surface area contributed by atoms with E-state index in [0.29, 0.717) is 61.1 Å². The highest BCUT2D eigenvalue weighted by molar-refractivity contribution is 6.30. The van der Waals surface area contributed by atoms with Gasteiger partial charge in [0.05, 0.1) is 18.2 Å². The van der Waals surface area contributed by atoms with Crippen LogP contribution >= 0.6 is 11.6 Å². The molecular formula is C24H34ClN5O4. The standard InChI is InChI=1S/C24H34ClN5O4/c1-5-26-23(32)30-12-11-28(14-16(30)4)15-19-20(22(31)34-7-3)21(27-24(33)29(19)6-2)17-9-8-10-18(25)13-17/h8-10,13,16,21H,5-7,11-12,14-15H2,1-4H3,(H,26,32)(H,27,33)/t16-,21-/m1/s1. The van der Waals surface area contributed by atoms with Gasteiger partial charge in [-0.15, -0.1) is 0 Å². The molecule has 2 N–H and O–H groups in total. The van der Waals surface area contributed by atoms with E-state index in [4.69, 9.17) is 16.3 Å². The van der Waals surface area contributed by atoms with Crippen molar-refractivity contribution in [2.75, 3.05) is 45.9 Å². The fraction of sp³-hybridized carbons (Fsp3) is 0.542. The number of benzene rings is 1. The van der Waals surface area contributed by atoms with E-state index in [1.807, 2.05) is 31.7 Å². The molecule has 9 nitrogen and oxygen atoms in total. The molecule has 1 saturated heterocycles. The van der Waals surface area contributed by atoms with Gasteiger partial charge in [0, 0.05) is 56.0 Å². The van der Waals surface area contributed by atoms with Crippen LogP contribution in [0.3, 0.4) is 0 Å². The summed E-state index contributed by atoms with van der Waals surface area (Å²) in [6.07, 6.45) is 0. The molecule has 34 heavy (non-hydrogen) atoms. The third kappa shape index (κ3) is 5.64. The summed E-state index contributed by atoms with van der Waals surface area (Å²) in [5.74, 6) is -0.463. The summed E-state index contributed by atoms with van der Waals surface area (Å²) in [5.41, 5.74) is 1.74. The Hall–Kier alpha value is -2.78. The van der Waals surface area contributed by atoms with E-state index in [1.54, 1.807) is 30.0 Å². The molecule has 1 aromatic rings. The van der Waals surface area contributed by atoms with Gasteiger partial charge in [-0.1, -0.05) is 23.7 Å². The van der Waals surface area contributed by atoms with E-state index >= 15 is 0 Å². The maximum absolute atomic E-state index is 13.2. The van der Waals surface area contributed by atoms with Gasteiger partial charge in [0.15, 0.2) is 0 Å². The molecular weight excluding hydrogens is 458 g/mol. The van der Waals surface area contributed by atoms with Crippen molar-refractivity contribution < 1.29 is 19.1 Å². The molecule has 4 amide bonds. The Morgan fingerprint density at radius 2 is 2.00 bits per heavy atom. The largest absolute Gasteiger partial charge is 0.463 e. The zero-order valence-electron chi connectivity index (χ0n) is 20.3. The van der Waals surface area contributed by atoms with Gasteiger partial charge in [-0.05, 0) is 45.4 Å². The van der Waals surface area contributed by atoms with Crippen LogP contribution in [0.2, 0.25) is 5.02 Å². The lowest BCUT2D eigenvalue weighted by Gasteiger charge is -2.42. The minimum Gasteiger partial charge on any atom is -0.463 e. The van der Waals surface area contributed by atoms with Crippen molar-refractivity contribution in [1.29, 1.82) is 0 Å². The van der Waals surface area contributed by atoms with Crippen molar-refractivity contribution in [2.24, 2.45) is 0 Å². The summed E-state index contributed by atoms with van der Waals surface area (Å²) in [7, 11) is 0. The average Bonchev–Trinajstić information content (AvgIpc) is 2.79. The van der Waals surface area contributed by atoms with Gasteiger partial charge in [0.2, 0.25) is 0 Å². The number of carbonyl (C=O) groups excluding carboxylic acids is 3. The number of nitrogens with zero attached hydrogens (tertiary/aromatic N) is 3. The van der Waals surface area contributed by atoms with Crippen molar-refractivity contribution in [3.8, 4) is 0 Å². The predicted octanol–water partition coefficient (Wildman–Crippen LogP) is 2.98. The van der Waals surface area contributed by atoms with E-state index in [0.717, 1.165) is 0 Å². The van der Waals surface area contributed by atoms with Gasteiger partial charge in [0.25, 0.3) is 0 Å². The van der Waals surface area contributed by atoms with Crippen LogP contribution in [-0.4, -0.2) is 84.6 Å². The maximum Gasteiger partial charge on any atom is 0.338 e. The van der Waals surface area contributed by atoms with E-state index in [-0.39, 0.29) is 24.7 Å². The number of amides is 4. The molecule has 0 bridgehead atoms. The van der Waals surface area contributed by atoms with Crippen LogP contribution in [0.1, 0.15) is 39.3 Å². The van der Waals surface area contributed by atoms with E-state index in [9.17, 15) is 14.4 Å². The van der Waals surface area contributed by atoms with Gasteiger partial charge >= 0.3 is 18.0 Å². The first-order valence-corrected chi connectivity index (χ1v) is 12.2. The maximum atomic E-state index is 13.2. The molecule has 3 rings (SSSR count). The van der Waals surface area contributed by atoms with Crippen LogP contribution in [0.5, 0.6) is 0 Å². The quantitative estimate of drug-likeness (QED) is 0.572. The number of urea groups is 2. The smallest absolute Gasteiger partial charge is 0.338 e. The van der Waals surface area contributed by atoms with Crippen molar-refractivity contribution in [3.63, 3.8) is 0 Å². The summed E-state index contributed by atoms with van der Waals surface area (Å²) in [6, 6.07) is 6.10. The Labute approximate surface area is 206 Å². The number of ether oxygens (including phenoxy) is 1. The highest BCUT2D eigenvalue weighted by Gasteiger charge is 2.39. The molecule has 0 saturated carbocycles. The second-order valence-electron chi connectivity index (χ2n) is 8.38. The minimum atomic E-state index is -0.669. The molecule has 0 unspecified atom stereocenters. The Morgan fingerprint density at radius 1 is 1.24 bits per heavy atom. The Bertz CT molecular complexity index is 953. The molecule has 1 aromatic carbocycles. The van der Waals surface area contributed by atoms with Gasteiger partial charge < -0.3 is 20.3 Å². The molecule has 10 heteroatoms. The van der Waals surface area contributed by atoms with E-state index < -0.39 is 12.0 Å². The van der Waals surface area contributed by atoms with Crippen LogP contribution in [0.4, 0.5) is 9.59 Å². The summed E-state index contributed by atoms with van der Waals surface area (Å²) in [4.78, 5) is 44.2. The van der Waals surface area contributed by atoms with Crippen LogP contribution in [-0.2, 0) is 9.53 Å². The zero-order chi connectivity index (χ0) is 24.8. The summed E-state index contributed by atoms with van der Waals surface area (Å²) in [6.45, 7) is 10.9. The van der Waals surface area contributed by atoms with Crippen LogP contribution in [0, 0.1) is 0 Å². The second kappa shape index (κ2) is 11.6. The van der Waals surface area contributed by atoms with Gasteiger partial charge in [-0.2, -0.15) is 0 Å². The Kier molecular flexibility index (Phi) is 8.79.